The van der Waals surface area contributed by atoms with Crippen LogP contribution in [0.15, 0.2) is 71.3 Å². The van der Waals surface area contributed by atoms with Crippen molar-refractivity contribution in [3.05, 3.63) is 83.9 Å². The molecular weight excluding hydrogens is 408 g/mol. The number of anilines is 1. The number of carbonyl (C=O) groups excluding carboxylic acids is 2. The van der Waals surface area contributed by atoms with E-state index < -0.39 is 18.5 Å². The van der Waals surface area contributed by atoms with Crippen molar-refractivity contribution in [1.29, 1.82) is 0 Å². The van der Waals surface area contributed by atoms with Gasteiger partial charge in [0.25, 0.3) is 5.91 Å². The van der Waals surface area contributed by atoms with Gasteiger partial charge in [-0.3, -0.25) is 9.59 Å². The minimum Gasteiger partial charge on any atom is -0.455 e. The van der Waals surface area contributed by atoms with E-state index in [1.807, 2.05) is 68.4 Å². The van der Waals surface area contributed by atoms with Crippen LogP contribution in [0.2, 0.25) is 0 Å². The lowest BCUT2D eigenvalue weighted by atomic mass is 10.2. The zero-order valence-corrected chi connectivity index (χ0v) is 17.7. The summed E-state index contributed by atoms with van der Waals surface area (Å²) < 4.78 is 12.1. The molecule has 2 aromatic heterocycles. The van der Waals surface area contributed by atoms with E-state index in [-0.39, 0.29) is 6.42 Å². The molecule has 0 saturated heterocycles. The van der Waals surface area contributed by atoms with E-state index in [1.54, 1.807) is 10.7 Å². The highest BCUT2D eigenvalue weighted by molar-refractivity contribution is 5.92. The van der Waals surface area contributed by atoms with E-state index >= 15 is 0 Å². The summed E-state index contributed by atoms with van der Waals surface area (Å²) in [5.74, 6) is -0.115. The molecule has 2 aromatic carbocycles. The molecule has 0 spiro atoms. The van der Waals surface area contributed by atoms with Crippen LogP contribution in [0.4, 0.5) is 5.82 Å². The van der Waals surface area contributed by atoms with Gasteiger partial charge in [0, 0.05) is 11.6 Å². The number of hydrogen-bond acceptors (Lipinski definition) is 6. The van der Waals surface area contributed by atoms with Crippen LogP contribution >= 0.6 is 0 Å². The summed E-state index contributed by atoms with van der Waals surface area (Å²) in [6.07, 6.45) is 1.32. The first kappa shape index (κ1) is 21.0. The Morgan fingerprint density at radius 1 is 1.06 bits per heavy atom. The van der Waals surface area contributed by atoms with E-state index in [0.717, 1.165) is 22.5 Å². The summed E-state index contributed by atoms with van der Waals surface area (Å²) >= 11 is 0. The van der Waals surface area contributed by atoms with Crippen LogP contribution in [-0.4, -0.2) is 33.2 Å². The normalized spacial score (nSPS) is 10.7. The zero-order chi connectivity index (χ0) is 22.5. The number of amides is 1. The van der Waals surface area contributed by atoms with Crippen molar-refractivity contribution in [1.82, 2.24) is 14.8 Å². The van der Waals surface area contributed by atoms with Crippen molar-refractivity contribution in [3.63, 3.8) is 0 Å². The number of nitrogens with zero attached hydrogens (tertiary/aromatic N) is 3. The number of ether oxygens (including phenoxy) is 1. The highest BCUT2D eigenvalue weighted by Gasteiger charge is 2.15. The maximum atomic E-state index is 12.3. The number of aromatic nitrogens is 3. The number of carbonyl (C=O) groups is 2. The van der Waals surface area contributed by atoms with Gasteiger partial charge in [0.15, 0.2) is 6.61 Å². The molecule has 0 aliphatic heterocycles. The Bertz CT molecular complexity index is 1230. The molecule has 1 N–H and O–H groups in total. The van der Waals surface area contributed by atoms with Crippen LogP contribution in [0.3, 0.4) is 0 Å². The first-order valence-electron chi connectivity index (χ1n) is 10.1. The highest BCUT2D eigenvalue weighted by atomic mass is 16.5. The Labute approximate surface area is 184 Å². The second kappa shape index (κ2) is 9.30. The summed E-state index contributed by atoms with van der Waals surface area (Å²) in [5.41, 5.74) is 3.93. The van der Waals surface area contributed by atoms with Crippen molar-refractivity contribution in [3.8, 4) is 17.1 Å². The standard InChI is InChI=1S/C24H22N4O4/c1-16-8-10-20(11-9-16)28-21(12-17(2)27-28)26-22(29)15-31-23(30)13-19-14-32-24(25-19)18-6-4-3-5-7-18/h3-12,14H,13,15H2,1-2H3,(H,26,29). The van der Waals surface area contributed by atoms with E-state index in [4.69, 9.17) is 9.15 Å². The molecular formula is C24H22N4O4. The largest absolute Gasteiger partial charge is 0.455 e. The predicted octanol–water partition coefficient (Wildman–Crippen LogP) is 3.87. The summed E-state index contributed by atoms with van der Waals surface area (Å²) in [7, 11) is 0. The molecule has 4 aromatic rings. The third-order valence-electron chi connectivity index (χ3n) is 4.64. The van der Waals surface area contributed by atoms with Crippen LogP contribution in [0, 0.1) is 13.8 Å². The molecule has 8 heteroatoms. The van der Waals surface area contributed by atoms with Crippen molar-refractivity contribution in [2.24, 2.45) is 0 Å². The smallest absolute Gasteiger partial charge is 0.312 e. The fourth-order valence-corrected chi connectivity index (χ4v) is 3.10. The lowest BCUT2D eigenvalue weighted by molar-refractivity contribution is -0.146. The Morgan fingerprint density at radius 2 is 1.81 bits per heavy atom. The average Bonchev–Trinajstić information content (AvgIpc) is 3.40. The van der Waals surface area contributed by atoms with Crippen molar-refractivity contribution < 1.29 is 18.7 Å². The van der Waals surface area contributed by atoms with Crippen molar-refractivity contribution >= 4 is 17.7 Å². The number of benzene rings is 2. The van der Waals surface area contributed by atoms with Gasteiger partial charge in [0.05, 0.1) is 23.5 Å². The minimum atomic E-state index is -0.573. The lowest BCUT2D eigenvalue weighted by Gasteiger charge is -2.09. The molecule has 0 aliphatic rings. The number of esters is 1. The summed E-state index contributed by atoms with van der Waals surface area (Å²) in [6.45, 7) is 3.42. The van der Waals surface area contributed by atoms with Gasteiger partial charge < -0.3 is 14.5 Å². The zero-order valence-electron chi connectivity index (χ0n) is 17.7. The molecule has 0 aliphatic carbocycles. The van der Waals surface area contributed by atoms with Crippen molar-refractivity contribution in [2.75, 3.05) is 11.9 Å². The van der Waals surface area contributed by atoms with E-state index in [1.165, 1.54) is 6.26 Å². The number of hydrogen-bond donors (Lipinski definition) is 1. The maximum absolute atomic E-state index is 12.3. The van der Waals surface area contributed by atoms with E-state index in [9.17, 15) is 9.59 Å². The number of aryl methyl sites for hydroxylation is 2. The van der Waals surface area contributed by atoms with Crippen LogP contribution in [0.25, 0.3) is 17.1 Å². The summed E-state index contributed by atoms with van der Waals surface area (Å²) in [6, 6.07) is 18.9. The number of nitrogens with one attached hydrogen (secondary N) is 1. The first-order valence-corrected chi connectivity index (χ1v) is 10.1. The van der Waals surface area contributed by atoms with E-state index in [0.29, 0.717) is 17.4 Å². The molecule has 8 nitrogen and oxygen atoms in total. The molecule has 4 rings (SSSR count). The molecule has 0 saturated carbocycles. The van der Waals surface area contributed by atoms with Crippen molar-refractivity contribution in [2.45, 2.75) is 20.3 Å². The van der Waals surface area contributed by atoms with E-state index in [2.05, 4.69) is 15.4 Å². The molecule has 162 valence electrons. The summed E-state index contributed by atoms with van der Waals surface area (Å²) in [4.78, 5) is 28.8. The van der Waals surface area contributed by atoms with Gasteiger partial charge >= 0.3 is 5.97 Å². The van der Waals surface area contributed by atoms with Crippen LogP contribution in [0.1, 0.15) is 17.0 Å². The van der Waals surface area contributed by atoms with Crippen LogP contribution in [-0.2, 0) is 20.7 Å². The highest BCUT2D eigenvalue weighted by Crippen LogP contribution is 2.19. The second-order valence-electron chi connectivity index (χ2n) is 7.31. The molecule has 0 unspecified atom stereocenters. The maximum Gasteiger partial charge on any atom is 0.312 e. The van der Waals surface area contributed by atoms with Crippen LogP contribution in [0.5, 0.6) is 0 Å². The average molecular weight is 430 g/mol. The number of rotatable bonds is 7. The fraction of sp³-hybridized carbons (Fsp3) is 0.167. The molecule has 0 bridgehead atoms. The third kappa shape index (κ3) is 5.10. The fourth-order valence-electron chi connectivity index (χ4n) is 3.10. The van der Waals surface area contributed by atoms with Gasteiger partial charge in [-0.05, 0) is 38.1 Å². The Hall–Kier alpha value is -4.20. The lowest BCUT2D eigenvalue weighted by Crippen LogP contribution is -2.23. The van der Waals surface area contributed by atoms with Gasteiger partial charge in [-0.15, -0.1) is 0 Å². The SMILES string of the molecule is Cc1ccc(-n2nc(C)cc2NC(=O)COC(=O)Cc2coc(-c3ccccc3)n2)cc1. The van der Waals surface area contributed by atoms with Gasteiger partial charge in [0.1, 0.15) is 12.1 Å². The minimum absolute atomic E-state index is 0.0932. The first-order chi connectivity index (χ1) is 15.5. The Balaban J connectivity index is 1.32. The summed E-state index contributed by atoms with van der Waals surface area (Å²) in [5, 5.41) is 7.16. The van der Waals surface area contributed by atoms with Crippen LogP contribution < -0.4 is 5.32 Å². The van der Waals surface area contributed by atoms with Gasteiger partial charge in [0.2, 0.25) is 5.89 Å². The number of oxazole rings is 1. The monoisotopic (exact) mass is 430 g/mol. The van der Waals surface area contributed by atoms with Gasteiger partial charge in [-0.1, -0.05) is 35.9 Å². The van der Waals surface area contributed by atoms with Gasteiger partial charge in [-0.2, -0.15) is 5.10 Å². The second-order valence-corrected chi connectivity index (χ2v) is 7.31. The Morgan fingerprint density at radius 3 is 2.56 bits per heavy atom. The molecule has 0 atom stereocenters. The Kier molecular flexibility index (Phi) is 6.12. The quantitative estimate of drug-likeness (QED) is 0.447. The topological polar surface area (TPSA) is 99.2 Å². The predicted molar refractivity (Wildman–Crippen MR) is 118 cm³/mol. The molecule has 0 fully saturated rings. The molecule has 1 amide bonds. The third-order valence-corrected chi connectivity index (χ3v) is 4.64. The molecule has 32 heavy (non-hydrogen) atoms. The van der Waals surface area contributed by atoms with Gasteiger partial charge in [-0.25, -0.2) is 9.67 Å². The molecule has 2 heterocycles. The molecule has 0 radical (unpaired) electrons.